The quantitative estimate of drug-likeness (QED) is 0.0322. The molecule has 0 saturated carbocycles. The molecule has 1 aromatic rings. The maximum atomic E-state index is 14.1. The first-order chi connectivity index (χ1) is 37.8. The molecule has 1 aliphatic heterocycles. The summed E-state index contributed by atoms with van der Waals surface area (Å²) in [5, 5.41) is 15.5. The number of aliphatic imine (C=N–C) groups is 1. The Balaban J connectivity index is 2.08. The Labute approximate surface area is 476 Å². The summed E-state index contributed by atoms with van der Waals surface area (Å²) < 4.78 is 5.38. The average Bonchev–Trinajstić information content (AvgIpc) is 3.42. The van der Waals surface area contributed by atoms with Gasteiger partial charge in [0.2, 0.25) is 29.5 Å². The summed E-state index contributed by atoms with van der Waals surface area (Å²) in [4.78, 5) is 104. The van der Waals surface area contributed by atoms with Gasteiger partial charge in [-0.05, 0) is 170 Å². The number of dihydropyridines is 1. The van der Waals surface area contributed by atoms with Crippen molar-refractivity contribution in [1.29, 1.82) is 0 Å². The van der Waals surface area contributed by atoms with E-state index >= 15 is 0 Å². The smallest absolute Gasteiger partial charge is 0.408 e. The van der Waals surface area contributed by atoms with Gasteiger partial charge in [-0.2, -0.15) is 0 Å². The minimum Gasteiger partial charge on any atom is -0.444 e. The monoisotopic (exact) mass is 1150 g/mol. The van der Waals surface area contributed by atoms with E-state index in [-0.39, 0.29) is 48.5 Å². The second kappa shape index (κ2) is 41.1. The van der Waals surface area contributed by atoms with Crippen LogP contribution in [0.5, 0.6) is 0 Å². The average molecular weight is 1150 g/mol. The molecular weight excluding hydrogens is 1050 g/mol. The Hall–Kier alpha value is -4.93. The van der Waals surface area contributed by atoms with Gasteiger partial charge in [0.05, 0.1) is 36.2 Å². The first-order valence-corrected chi connectivity index (χ1v) is 30.3. The lowest BCUT2D eigenvalue weighted by Crippen LogP contribution is -2.48. The van der Waals surface area contributed by atoms with Crippen molar-refractivity contribution in [3.63, 3.8) is 0 Å². The number of carbonyl (C=O) groups is 7. The van der Waals surface area contributed by atoms with Crippen molar-refractivity contribution < 1.29 is 38.3 Å². The van der Waals surface area contributed by atoms with Crippen LogP contribution in [0.2, 0.25) is 0 Å². The van der Waals surface area contributed by atoms with Crippen LogP contribution >= 0.6 is 21.6 Å². The molecule has 5 atom stereocenters. The van der Waals surface area contributed by atoms with E-state index in [0.717, 1.165) is 38.5 Å². The van der Waals surface area contributed by atoms with Gasteiger partial charge in [-0.15, -0.1) is 0 Å². The van der Waals surface area contributed by atoms with Gasteiger partial charge in [-0.1, -0.05) is 25.3 Å². The fourth-order valence-corrected chi connectivity index (χ4v) is 9.78. The van der Waals surface area contributed by atoms with Crippen LogP contribution in [-0.2, 0) is 28.7 Å². The summed E-state index contributed by atoms with van der Waals surface area (Å²) in [6, 6.07) is 0.701. The van der Waals surface area contributed by atoms with Gasteiger partial charge in [0, 0.05) is 58.6 Å². The summed E-state index contributed by atoms with van der Waals surface area (Å²) in [5.74, 6) is -2.09. The highest BCUT2D eigenvalue weighted by molar-refractivity contribution is 8.82. The summed E-state index contributed by atoms with van der Waals surface area (Å²) in [7, 11) is 2.71. The number of unbranched alkanes of at least 4 members (excludes halogenated alkanes) is 4. The van der Waals surface area contributed by atoms with Gasteiger partial charge in [-0.3, -0.25) is 33.8 Å². The van der Waals surface area contributed by atoms with Crippen molar-refractivity contribution >= 4 is 68.2 Å². The van der Waals surface area contributed by atoms with Crippen molar-refractivity contribution in [3.8, 4) is 0 Å². The molecule has 5 unspecified atom stereocenters. The number of carbonyl (C=O) groups excluding carboxylic acids is 7. The lowest BCUT2D eigenvalue weighted by molar-refractivity contribution is -0.134. The number of ether oxygens (including phenoxy) is 1. The highest BCUT2D eigenvalue weighted by Gasteiger charge is 2.27. The van der Waals surface area contributed by atoms with Crippen LogP contribution < -0.4 is 66.7 Å². The molecule has 2 heterocycles. The number of pyridine rings is 1. The number of hydrogen-bond acceptors (Lipinski definition) is 19. The summed E-state index contributed by atoms with van der Waals surface area (Å²) >= 11 is 0. The van der Waals surface area contributed by atoms with Gasteiger partial charge in [0.15, 0.2) is 0 Å². The van der Waals surface area contributed by atoms with Crippen LogP contribution in [0.4, 0.5) is 4.79 Å². The Morgan fingerprint density at radius 1 is 0.608 bits per heavy atom. The van der Waals surface area contributed by atoms with E-state index in [1.165, 1.54) is 27.8 Å². The van der Waals surface area contributed by atoms with Crippen LogP contribution in [0.1, 0.15) is 134 Å². The highest BCUT2D eigenvalue weighted by atomic mass is 33.1. The number of hydrogen-bond donors (Lipinski definition) is 12. The van der Waals surface area contributed by atoms with E-state index in [4.69, 9.17) is 49.9 Å². The Kier molecular flexibility index (Phi) is 36.5. The minimum atomic E-state index is -0.825. The molecule has 0 aliphatic carbocycles. The van der Waals surface area contributed by atoms with Crippen molar-refractivity contribution in [2.24, 2.45) is 51.0 Å². The SMILES string of the molecule is CC(C)(C)OC(=O)NC(CCCCN)C(=O)NCCCN(CCCNC(=O)C(N)CCCCN)C(=O)C1C=CC(SSc2ccc(C(=O)N(CCCNC(=O)C(N)CCCCN)CCCNC(=O)C(N)CCCCN)cn2)=NC1. The van der Waals surface area contributed by atoms with E-state index in [2.05, 4.69) is 31.6 Å². The van der Waals surface area contributed by atoms with Gasteiger partial charge in [-0.25, -0.2) is 9.78 Å². The highest BCUT2D eigenvalue weighted by Crippen LogP contribution is 2.32. The molecular formula is C53H96N16O8S2. The van der Waals surface area contributed by atoms with Crippen LogP contribution in [-0.4, -0.2) is 176 Å². The molecule has 0 saturated heterocycles. The van der Waals surface area contributed by atoms with Gasteiger partial charge in [0.1, 0.15) is 21.7 Å². The molecule has 448 valence electrons. The molecule has 7 amide bonds. The fraction of sp³-hybridized carbons (Fsp3) is 0.717. The zero-order valence-corrected chi connectivity index (χ0v) is 48.8. The molecule has 1 aromatic heterocycles. The molecule has 2 rings (SSSR count). The third-order valence-electron chi connectivity index (χ3n) is 12.5. The van der Waals surface area contributed by atoms with Crippen LogP contribution in [0.3, 0.4) is 0 Å². The standard InChI is InChI=1S/C53H96N16O8S2/c1-53(2,3)77-52(76)67-43(19-7-11-27-57)49(73)64-31-15-35-69(34-14-30-63-48(72)42(60)18-6-10-26-56)51(75)39-21-23-45(66-37-39)79-78-44-22-20-38(36-65-44)50(74)68(32-12-28-61-46(70)40(58)16-4-8-24-54)33-13-29-62-47(71)41(59)17-5-9-25-55/h20-23,36,39-43H,4-19,24-35,37,54-60H2,1-3H3,(H,61,70)(H,62,71)(H,63,72)(H,64,73)(H,67,76). The Morgan fingerprint density at radius 3 is 1.46 bits per heavy atom. The molecule has 0 spiro atoms. The lowest BCUT2D eigenvalue weighted by Gasteiger charge is -2.27. The van der Waals surface area contributed by atoms with Gasteiger partial charge in [0.25, 0.3) is 5.91 Å². The summed E-state index contributed by atoms with van der Waals surface area (Å²) in [6.45, 7) is 9.98. The molecule has 0 fully saturated rings. The third kappa shape index (κ3) is 31.0. The van der Waals surface area contributed by atoms with E-state index in [1.807, 2.05) is 6.08 Å². The number of aromatic nitrogens is 1. The molecule has 26 heteroatoms. The predicted molar refractivity (Wildman–Crippen MR) is 314 cm³/mol. The van der Waals surface area contributed by atoms with E-state index in [0.29, 0.717) is 152 Å². The maximum Gasteiger partial charge on any atom is 0.408 e. The second-order valence-corrected chi connectivity index (χ2v) is 22.7. The van der Waals surface area contributed by atoms with Crippen molar-refractivity contribution in [2.75, 3.05) is 85.1 Å². The Bertz CT molecular complexity index is 2000. The van der Waals surface area contributed by atoms with Crippen molar-refractivity contribution in [1.82, 2.24) is 41.4 Å². The zero-order valence-electron chi connectivity index (χ0n) is 47.2. The number of amides is 7. The molecule has 19 N–H and O–H groups in total. The number of nitrogens with one attached hydrogen (secondary N) is 5. The molecule has 79 heavy (non-hydrogen) atoms. The fourth-order valence-electron chi connectivity index (χ4n) is 7.99. The maximum absolute atomic E-state index is 14.1. The molecule has 0 radical (unpaired) electrons. The number of rotatable bonds is 41. The lowest BCUT2D eigenvalue weighted by atomic mass is 10.1. The van der Waals surface area contributed by atoms with Gasteiger partial charge >= 0.3 is 6.09 Å². The number of alkyl carbamates (subject to hydrolysis) is 1. The van der Waals surface area contributed by atoms with Crippen LogP contribution in [0.25, 0.3) is 0 Å². The number of nitrogens with two attached hydrogens (primary N) is 7. The summed E-state index contributed by atoms with van der Waals surface area (Å²) in [6.07, 6.45) is 14.2. The normalized spacial score (nSPS) is 14.7. The second-order valence-electron chi connectivity index (χ2n) is 20.5. The third-order valence-corrected chi connectivity index (χ3v) is 14.7. The van der Waals surface area contributed by atoms with E-state index in [1.54, 1.807) is 48.8 Å². The molecule has 0 bridgehead atoms. The Morgan fingerprint density at radius 2 is 1.05 bits per heavy atom. The topological polar surface area (TPSA) is 403 Å². The van der Waals surface area contributed by atoms with Crippen molar-refractivity contribution in [2.45, 2.75) is 158 Å². The molecule has 0 aromatic carbocycles. The minimum absolute atomic E-state index is 0.152. The van der Waals surface area contributed by atoms with Crippen LogP contribution in [0.15, 0.2) is 40.5 Å². The summed E-state index contributed by atoms with van der Waals surface area (Å²) in [5.41, 5.74) is 40.2. The molecule has 1 aliphatic rings. The van der Waals surface area contributed by atoms with Gasteiger partial charge < -0.3 is 81.3 Å². The van der Waals surface area contributed by atoms with E-state index < -0.39 is 41.8 Å². The van der Waals surface area contributed by atoms with Crippen LogP contribution in [0, 0.1) is 5.92 Å². The zero-order chi connectivity index (χ0) is 58.4. The predicted octanol–water partition coefficient (Wildman–Crippen LogP) is 1.09. The largest absolute Gasteiger partial charge is 0.444 e. The van der Waals surface area contributed by atoms with E-state index in [9.17, 15) is 33.6 Å². The number of nitrogens with zero attached hydrogens (tertiary/aromatic N) is 4. The first-order valence-electron chi connectivity index (χ1n) is 28.1. The first kappa shape index (κ1) is 70.2. The molecule has 24 nitrogen and oxygen atoms in total. The van der Waals surface area contributed by atoms with Crippen molar-refractivity contribution in [3.05, 3.63) is 36.0 Å².